The third-order valence-electron chi connectivity index (χ3n) is 7.14. The number of carbonyl (C=O) groups excluding carboxylic acids is 3. The number of carboxylic acids is 1. The van der Waals surface area contributed by atoms with Crippen LogP contribution in [0.3, 0.4) is 0 Å². The van der Waals surface area contributed by atoms with E-state index in [2.05, 4.69) is 15.5 Å². The molecule has 5 aliphatic rings. The van der Waals surface area contributed by atoms with Gasteiger partial charge >= 0.3 is 5.97 Å². The molecule has 1 saturated carbocycles. The maximum Gasteiger partial charge on any atom is 0.352 e. The molecule has 3 atom stereocenters. The molecule has 16 heteroatoms. The Morgan fingerprint density at radius 3 is 2.83 bits per heavy atom. The van der Waals surface area contributed by atoms with Gasteiger partial charge in [0.1, 0.15) is 34.2 Å². The largest absolute Gasteiger partial charge is 0.477 e. The van der Waals surface area contributed by atoms with Gasteiger partial charge in [0.25, 0.3) is 11.8 Å². The van der Waals surface area contributed by atoms with Crippen LogP contribution >= 0.6 is 58.4 Å². The highest BCUT2D eigenvalue weighted by molar-refractivity contribution is 8.31. The number of thiazole rings is 1. The first kappa shape index (κ1) is 29.4. The van der Waals surface area contributed by atoms with Crippen LogP contribution in [-0.4, -0.2) is 72.1 Å². The molecule has 1 aromatic heterocycles. The first-order chi connectivity index (χ1) is 20.3. The number of nitrogens with two attached hydrogens (primary N) is 1. The van der Waals surface area contributed by atoms with Crippen LogP contribution < -0.4 is 11.1 Å². The van der Waals surface area contributed by atoms with Crippen molar-refractivity contribution in [1.29, 1.82) is 0 Å². The summed E-state index contributed by atoms with van der Waals surface area (Å²) >= 11 is 6.62. The van der Waals surface area contributed by atoms with Gasteiger partial charge in [-0.2, -0.15) is 0 Å². The molecule has 6 rings (SSSR count). The van der Waals surface area contributed by atoms with E-state index in [-0.39, 0.29) is 38.7 Å². The smallest absolute Gasteiger partial charge is 0.352 e. The minimum Gasteiger partial charge on any atom is -0.477 e. The fourth-order valence-electron chi connectivity index (χ4n) is 5.08. The van der Waals surface area contributed by atoms with Gasteiger partial charge in [0, 0.05) is 11.1 Å². The third kappa shape index (κ3) is 5.78. The molecule has 0 spiro atoms. The second-order valence-corrected chi connectivity index (χ2v) is 15.0. The van der Waals surface area contributed by atoms with Gasteiger partial charge in [0.05, 0.1) is 4.24 Å². The quantitative estimate of drug-likeness (QED) is 0.199. The van der Waals surface area contributed by atoms with Crippen LogP contribution in [0.15, 0.2) is 54.6 Å². The molecule has 1 aromatic rings. The highest BCUT2D eigenvalue weighted by Crippen LogP contribution is 2.49. The van der Waals surface area contributed by atoms with Crippen molar-refractivity contribution in [3.63, 3.8) is 0 Å². The van der Waals surface area contributed by atoms with E-state index in [0.29, 0.717) is 11.3 Å². The van der Waals surface area contributed by atoms with E-state index < -0.39 is 29.2 Å². The van der Waals surface area contributed by atoms with Gasteiger partial charge in [-0.3, -0.25) is 19.3 Å². The molecule has 220 valence electrons. The summed E-state index contributed by atoms with van der Waals surface area (Å²) in [5, 5.41) is 21.8. The Labute approximate surface area is 261 Å². The van der Waals surface area contributed by atoms with Crippen molar-refractivity contribution >= 4 is 92.1 Å². The summed E-state index contributed by atoms with van der Waals surface area (Å²) in [5.74, 6) is -2.07. The molecule has 1 aliphatic carbocycles. The van der Waals surface area contributed by atoms with E-state index in [1.54, 1.807) is 16.9 Å². The number of amides is 2. The molecule has 2 amide bonds. The molecule has 4 N–H and O–H groups in total. The van der Waals surface area contributed by atoms with E-state index in [4.69, 9.17) is 10.6 Å². The van der Waals surface area contributed by atoms with Crippen LogP contribution in [-0.2, 0) is 24.0 Å². The van der Waals surface area contributed by atoms with Crippen molar-refractivity contribution in [2.45, 2.75) is 54.9 Å². The van der Waals surface area contributed by atoms with Crippen LogP contribution in [0.1, 0.15) is 37.8 Å². The molecule has 2 fully saturated rings. The van der Waals surface area contributed by atoms with Crippen LogP contribution in [0.5, 0.6) is 0 Å². The first-order valence-corrected chi connectivity index (χ1v) is 17.6. The fraction of sp³-hybridized carbons (Fsp3) is 0.385. The highest BCUT2D eigenvalue weighted by atomic mass is 32.2. The summed E-state index contributed by atoms with van der Waals surface area (Å²) in [6.07, 6.45) is 8.09. The number of nitrogen functional groups attached to an aromatic ring is 1. The number of fused-ring (bicyclic) bond motifs is 2. The van der Waals surface area contributed by atoms with Gasteiger partial charge in [-0.25, -0.2) is 9.78 Å². The number of nitrogens with one attached hydrogen (secondary N) is 1. The topological polar surface area (TPSA) is 164 Å². The first-order valence-electron chi connectivity index (χ1n) is 13.1. The zero-order chi connectivity index (χ0) is 29.4. The Morgan fingerprint density at radius 1 is 1.29 bits per heavy atom. The number of aromatic nitrogens is 1. The Balaban J connectivity index is 1.16. The maximum atomic E-state index is 13.3. The zero-order valence-corrected chi connectivity index (χ0v) is 26.0. The minimum absolute atomic E-state index is 0.0794. The number of β-lactam (4-membered cyclic amide) rings is 1. The molecule has 0 radical (unpaired) electrons. The van der Waals surface area contributed by atoms with Crippen LogP contribution in [0, 0.1) is 0 Å². The lowest BCUT2D eigenvalue weighted by Crippen LogP contribution is -2.71. The molecule has 11 nitrogen and oxygen atoms in total. The van der Waals surface area contributed by atoms with Gasteiger partial charge in [0.2, 0.25) is 5.12 Å². The summed E-state index contributed by atoms with van der Waals surface area (Å²) in [7, 11) is 0. The molecule has 0 aromatic carbocycles. The van der Waals surface area contributed by atoms with E-state index in [1.807, 2.05) is 11.5 Å². The number of aliphatic carboxylic acids is 1. The lowest BCUT2D eigenvalue weighted by molar-refractivity contribution is -0.150. The summed E-state index contributed by atoms with van der Waals surface area (Å²) in [5.41, 5.74) is 7.38. The summed E-state index contributed by atoms with van der Waals surface area (Å²) < 4.78 is 0.913. The zero-order valence-electron chi connectivity index (χ0n) is 21.9. The van der Waals surface area contributed by atoms with Crippen molar-refractivity contribution in [2.75, 3.05) is 11.5 Å². The number of thioether (sulfide) groups is 4. The standard InChI is InChI=1S/C26H25N5O6S5/c27-26-28-15(11-41-26)16(30-37-13-4-1-2-5-13)20(32)29-17-21(33)31-18(23(34)35)12(10-40-22(17)31)7-9-39-25-14-6-3-8-38-19(14)24(36)42-25/h3,7-9,11,13,17,19,22H,1-2,4-6,10H2,(H2,27,28)(H,29,32)(H,34,35)/t17?,19?,22-/m0/s1. The molecule has 42 heavy (non-hydrogen) atoms. The lowest BCUT2D eigenvalue weighted by Gasteiger charge is -2.49. The number of oxime groups is 1. The molecule has 5 heterocycles. The number of rotatable bonds is 9. The monoisotopic (exact) mass is 663 g/mol. The van der Waals surface area contributed by atoms with Crippen molar-refractivity contribution in [1.82, 2.24) is 15.2 Å². The van der Waals surface area contributed by atoms with E-state index in [9.17, 15) is 24.3 Å². The highest BCUT2D eigenvalue weighted by Gasteiger charge is 2.54. The van der Waals surface area contributed by atoms with Gasteiger partial charge < -0.3 is 21.0 Å². The molecular weight excluding hydrogens is 639 g/mol. The van der Waals surface area contributed by atoms with Crippen LogP contribution in [0.2, 0.25) is 0 Å². The van der Waals surface area contributed by atoms with Crippen molar-refractivity contribution in [3.05, 3.63) is 55.1 Å². The number of anilines is 1. The van der Waals surface area contributed by atoms with Crippen molar-refractivity contribution in [3.8, 4) is 0 Å². The van der Waals surface area contributed by atoms with Crippen LogP contribution in [0.4, 0.5) is 5.13 Å². The average molecular weight is 664 g/mol. The predicted octanol–water partition coefficient (Wildman–Crippen LogP) is 3.88. The molecular formula is C26H25N5O6S5. The molecule has 2 unspecified atom stereocenters. The van der Waals surface area contributed by atoms with E-state index in [0.717, 1.165) is 53.3 Å². The van der Waals surface area contributed by atoms with Gasteiger partial charge in [-0.1, -0.05) is 23.0 Å². The molecule has 1 saturated heterocycles. The Morgan fingerprint density at radius 2 is 2.10 bits per heavy atom. The molecule has 0 bridgehead atoms. The summed E-state index contributed by atoms with van der Waals surface area (Å²) in [6.45, 7) is 0. The van der Waals surface area contributed by atoms with Crippen molar-refractivity contribution in [2.24, 2.45) is 5.16 Å². The second-order valence-electron chi connectivity index (χ2n) is 9.81. The number of carboxylic acid groups (broad SMARTS) is 1. The predicted molar refractivity (Wildman–Crippen MR) is 168 cm³/mol. The Kier molecular flexibility index (Phi) is 8.77. The van der Waals surface area contributed by atoms with Crippen molar-refractivity contribution < 1.29 is 29.1 Å². The Bertz CT molecular complexity index is 1490. The number of hydrogen-bond donors (Lipinski definition) is 3. The number of nitrogens with zero attached hydrogens (tertiary/aromatic N) is 3. The number of hydrogen-bond acceptors (Lipinski definition) is 13. The number of allylic oxidation sites excluding steroid dienone is 2. The fourth-order valence-corrected chi connectivity index (χ4v) is 10.3. The summed E-state index contributed by atoms with van der Waals surface area (Å²) in [6, 6.07) is -0.939. The minimum atomic E-state index is -1.23. The lowest BCUT2D eigenvalue weighted by atomic mass is 10.0. The average Bonchev–Trinajstić information content (AvgIpc) is 3.73. The molecule has 4 aliphatic heterocycles. The van der Waals surface area contributed by atoms with Gasteiger partial charge in [0.15, 0.2) is 10.8 Å². The summed E-state index contributed by atoms with van der Waals surface area (Å²) in [4.78, 5) is 62.1. The second kappa shape index (κ2) is 12.5. The van der Waals surface area contributed by atoms with E-state index in [1.165, 1.54) is 51.9 Å². The number of carbonyl (C=O) groups is 4. The van der Waals surface area contributed by atoms with Gasteiger partial charge in [-0.05, 0) is 71.9 Å². The van der Waals surface area contributed by atoms with Crippen LogP contribution in [0.25, 0.3) is 0 Å². The maximum absolute atomic E-state index is 13.3. The normalized spacial score (nSPS) is 26.1. The third-order valence-corrected chi connectivity index (χ3v) is 12.6. The van der Waals surface area contributed by atoms with Gasteiger partial charge in [-0.15, -0.1) is 34.9 Å². The Hall–Kier alpha value is -2.66. The van der Waals surface area contributed by atoms with E-state index >= 15 is 0 Å². The SMILES string of the molecule is Nc1nc(C(=NOC2CCCC2)C(=O)NC2C(=O)N3C(C(=O)O)=C(C=CSC4=C5CC=CSC5C(=O)S4)CS[C@@H]23)cs1.